The number of sulfonamides is 1. The maximum absolute atomic E-state index is 11.1. The van der Waals surface area contributed by atoms with E-state index >= 15 is 0 Å². The number of primary sulfonamides is 1. The Kier molecular flexibility index (Phi) is 4.16. The smallest absolute Gasteiger partial charge is 0.238 e. The van der Waals surface area contributed by atoms with Crippen molar-refractivity contribution in [2.24, 2.45) is 5.14 Å². The Morgan fingerprint density at radius 3 is 2.55 bits per heavy atom. The summed E-state index contributed by atoms with van der Waals surface area (Å²) in [6, 6.07) is 7.91. The van der Waals surface area contributed by atoms with Crippen LogP contribution in [-0.2, 0) is 16.6 Å². The fourth-order valence-corrected chi connectivity index (χ4v) is 2.03. The molecule has 0 saturated heterocycles. The fraction of sp³-hybridized carbons (Fsp3) is 0.167. The van der Waals surface area contributed by atoms with Crippen LogP contribution in [0.1, 0.15) is 5.56 Å². The third-order valence-corrected chi connectivity index (χ3v) is 3.47. The Balaban J connectivity index is 2.04. The number of benzene rings is 1. The summed E-state index contributed by atoms with van der Waals surface area (Å²) in [6.45, 7) is 0.456. The Bertz CT molecular complexity index is 686. The monoisotopic (exact) mass is 294 g/mol. The topological polar surface area (TPSA) is 107 Å². The van der Waals surface area contributed by atoms with Crippen LogP contribution in [0.5, 0.6) is 5.88 Å². The van der Waals surface area contributed by atoms with Crippen molar-refractivity contribution >= 4 is 16.0 Å². The quantitative estimate of drug-likeness (QED) is 0.842. The van der Waals surface area contributed by atoms with Gasteiger partial charge in [-0.1, -0.05) is 12.1 Å². The van der Waals surface area contributed by atoms with Crippen molar-refractivity contribution < 1.29 is 13.2 Å². The number of nitrogens with zero attached hydrogens (tertiary/aromatic N) is 2. The molecule has 1 aromatic carbocycles. The highest BCUT2D eigenvalue weighted by molar-refractivity contribution is 7.89. The van der Waals surface area contributed by atoms with Gasteiger partial charge in [0, 0.05) is 18.8 Å². The molecule has 0 spiro atoms. The maximum atomic E-state index is 11.1. The molecule has 3 N–H and O–H groups in total. The van der Waals surface area contributed by atoms with Crippen molar-refractivity contribution in [3.63, 3.8) is 0 Å². The van der Waals surface area contributed by atoms with E-state index in [4.69, 9.17) is 9.88 Å². The van der Waals surface area contributed by atoms with Gasteiger partial charge in [0.2, 0.25) is 21.9 Å². The first-order chi connectivity index (χ1) is 9.49. The molecule has 2 rings (SSSR count). The number of nitrogens with two attached hydrogens (primary N) is 1. The number of ether oxygens (including phenoxy) is 1. The largest absolute Gasteiger partial charge is 0.481 e. The van der Waals surface area contributed by atoms with Gasteiger partial charge in [0.1, 0.15) is 0 Å². The molecule has 0 radical (unpaired) electrons. The van der Waals surface area contributed by atoms with Gasteiger partial charge in [-0.3, -0.25) is 0 Å². The van der Waals surface area contributed by atoms with Crippen LogP contribution in [0, 0.1) is 0 Å². The number of methoxy groups -OCH3 is 1. The van der Waals surface area contributed by atoms with Gasteiger partial charge >= 0.3 is 0 Å². The highest BCUT2D eigenvalue weighted by Crippen LogP contribution is 2.11. The van der Waals surface area contributed by atoms with Gasteiger partial charge in [-0.25, -0.2) is 18.5 Å². The summed E-state index contributed by atoms with van der Waals surface area (Å²) in [5, 5.41) is 8.04. The Morgan fingerprint density at radius 2 is 1.95 bits per heavy atom. The van der Waals surface area contributed by atoms with Crippen molar-refractivity contribution in [3.05, 3.63) is 42.1 Å². The minimum absolute atomic E-state index is 0.0823. The molecule has 1 heterocycles. The molecule has 0 fully saturated rings. The van der Waals surface area contributed by atoms with Gasteiger partial charge < -0.3 is 10.1 Å². The number of nitrogens with one attached hydrogen (secondary N) is 1. The second kappa shape index (κ2) is 5.85. The minimum Gasteiger partial charge on any atom is -0.481 e. The Labute approximate surface area is 116 Å². The lowest BCUT2D eigenvalue weighted by molar-refractivity contribution is 0.397. The number of hydrogen-bond acceptors (Lipinski definition) is 6. The van der Waals surface area contributed by atoms with Crippen LogP contribution in [0.2, 0.25) is 0 Å². The lowest BCUT2D eigenvalue weighted by Gasteiger charge is -2.06. The SMILES string of the molecule is COc1ccnc(NCc2ccc(S(N)(=O)=O)cc2)n1. The van der Waals surface area contributed by atoms with Crippen LogP contribution < -0.4 is 15.2 Å². The zero-order valence-electron chi connectivity index (χ0n) is 10.8. The summed E-state index contributed by atoms with van der Waals surface area (Å²) in [5.74, 6) is 0.895. The number of anilines is 1. The van der Waals surface area contributed by atoms with Crippen molar-refractivity contribution in [3.8, 4) is 5.88 Å². The molecule has 2 aromatic rings. The minimum atomic E-state index is -3.66. The van der Waals surface area contributed by atoms with E-state index in [1.807, 2.05) is 0 Å². The normalized spacial score (nSPS) is 11.1. The van der Waals surface area contributed by atoms with Gasteiger partial charge in [-0.05, 0) is 17.7 Å². The van der Waals surface area contributed by atoms with Crippen LogP contribution in [0.4, 0.5) is 5.95 Å². The zero-order valence-corrected chi connectivity index (χ0v) is 11.6. The van der Waals surface area contributed by atoms with Crippen molar-refractivity contribution in [2.75, 3.05) is 12.4 Å². The highest BCUT2D eigenvalue weighted by atomic mass is 32.2. The molecule has 1 aromatic heterocycles. The molecule has 8 heteroatoms. The highest BCUT2D eigenvalue weighted by Gasteiger charge is 2.06. The maximum Gasteiger partial charge on any atom is 0.238 e. The van der Waals surface area contributed by atoms with Gasteiger partial charge in [0.15, 0.2) is 0 Å². The molecular weight excluding hydrogens is 280 g/mol. The van der Waals surface area contributed by atoms with Crippen LogP contribution >= 0.6 is 0 Å². The second-order valence-electron chi connectivity index (χ2n) is 3.97. The summed E-state index contributed by atoms with van der Waals surface area (Å²) in [6.07, 6.45) is 1.58. The molecule has 0 atom stereocenters. The average molecular weight is 294 g/mol. The van der Waals surface area contributed by atoms with Gasteiger partial charge in [0.05, 0.1) is 12.0 Å². The van der Waals surface area contributed by atoms with Crippen molar-refractivity contribution in [1.82, 2.24) is 9.97 Å². The van der Waals surface area contributed by atoms with E-state index < -0.39 is 10.0 Å². The number of aromatic nitrogens is 2. The lowest BCUT2D eigenvalue weighted by atomic mass is 10.2. The molecule has 0 unspecified atom stereocenters. The molecule has 0 aliphatic heterocycles. The molecule has 0 aliphatic rings. The van der Waals surface area contributed by atoms with E-state index in [1.54, 1.807) is 24.4 Å². The average Bonchev–Trinajstić information content (AvgIpc) is 2.45. The fourth-order valence-electron chi connectivity index (χ4n) is 1.52. The van der Waals surface area contributed by atoms with E-state index in [0.29, 0.717) is 18.4 Å². The van der Waals surface area contributed by atoms with Crippen molar-refractivity contribution in [2.45, 2.75) is 11.4 Å². The van der Waals surface area contributed by atoms with E-state index in [0.717, 1.165) is 5.56 Å². The van der Waals surface area contributed by atoms with Crippen LogP contribution in [0.25, 0.3) is 0 Å². The van der Waals surface area contributed by atoms with Crippen LogP contribution in [0.3, 0.4) is 0 Å². The molecule has 0 bridgehead atoms. The molecule has 0 saturated carbocycles. The predicted octanol–water partition coefficient (Wildman–Crippen LogP) is 0.745. The van der Waals surface area contributed by atoms with Crippen LogP contribution in [0.15, 0.2) is 41.4 Å². The number of rotatable bonds is 5. The molecule has 0 aliphatic carbocycles. The standard InChI is InChI=1S/C12H14N4O3S/c1-19-11-6-7-14-12(16-11)15-8-9-2-4-10(5-3-9)20(13,17)18/h2-7H,8H2,1H3,(H2,13,17,18)(H,14,15,16). The molecule has 7 nitrogen and oxygen atoms in total. The lowest BCUT2D eigenvalue weighted by Crippen LogP contribution is -2.12. The summed E-state index contributed by atoms with van der Waals surface area (Å²) < 4.78 is 27.2. The number of hydrogen-bond donors (Lipinski definition) is 2. The third kappa shape index (κ3) is 3.65. The van der Waals surface area contributed by atoms with E-state index in [-0.39, 0.29) is 4.90 Å². The van der Waals surface area contributed by atoms with E-state index in [2.05, 4.69) is 15.3 Å². The van der Waals surface area contributed by atoms with Gasteiger partial charge in [0.25, 0.3) is 0 Å². The zero-order chi connectivity index (χ0) is 14.6. The summed E-state index contributed by atoms with van der Waals surface area (Å²) >= 11 is 0. The molecule has 20 heavy (non-hydrogen) atoms. The first kappa shape index (κ1) is 14.2. The second-order valence-corrected chi connectivity index (χ2v) is 5.53. The summed E-state index contributed by atoms with van der Waals surface area (Å²) in [5.41, 5.74) is 0.879. The Hall–Kier alpha value is -2.19. The molecular formula is C12H14N4O3S. The van der Waals surface area contributed by atoms with Crippen molar-refractivity contribution in [1.29, 1.82) is 0 Å². The van der Waals surface area contributed by atoms with Gasteiger partial charge in [-0.15, -0.1) is 0 Å². The van der Waals surface area contributed by atoms with E-state index in [9.17, 15) is 8.42 Å². The predicted molar refractivity (Wildman–Crippen MR) is 73.7 cm³/mol. The molecule has 0 amide bonds. The van der Waals surface area contributed by atoms with Crippen LogP contribution in [-0.4, -0.2) is 25.5 Å². The summed E-state index contributed by atoms with van der Waals surface area (Å²) in [4.78, 5) is 8.23. The first-order valence-electron chi connectivity index (χ1n) is 5.72. The first-order valence-corrected chi connectivity index (χ1v) is 7.26. The van der Waals surface area contributed by atoms with Gasteiger partial charge in [-0.2, -0.15) is 4.98 Å². The van der Waals surface area contributed by atoms with E-state index in [1.165, 1.54) is 19.2 Å². The Morgan fingerprint density at radius 1 is 1.25 bits per heavy atom. The molecule has 106 valence electrons. The summed E-state index contributed by atoms with van der Waals surface area (Å²) in [7, 11) is -2.13. The third-order valence-electron chi connectivity index (χ3n) is 2.54.